The second-order valence-electron chi connectivity index (χ2n) is 16.8. The van der Waals surface area contributed by atoms with Crippen molar-refractivity contribution in [3.05, 3.63) is 149 Å². The van der Waals surface area contributed by atoms with Gasteiger partial charge in [-0.3, -0.25) is 14.4 Å². The van der Waals surface area contributed by atoms with Crippen LogP contribution >= 0.6 is 7.26 Å². The molecule has 340 valence electrons. The number of amides is 2. The Balaban J connectivity index is 1.34. The van der Waals surface area contributed by atoms with Gasteiger partial charge in [0.25, 0.3) is 5.91 Å². The van der Waals surface area contributed by atoms with Gasteiger partial charge in [0.05, 0.1) is 29.8 Å². The molecule has 11 nitrogen and oxygen atoms in total. The predicted molar refractivity (Wildman–Crippen MR) is 256 cm³/mol. The Bertz CT molecular complexity index is 2120. The summed E-state index contributed by atoms with van der Waals surface area (Å²) in [6, 6.07) is 32.6. The SMILES string of the molecule is COC1C=CC=C(C)C(=O)NC2=CC(=O)C(NCCCCCC[P+](c3ccccc3)(c3ccccc3)c3ccccc3)=C(CC(C)CC(OC)C(O)C(C)C=C(C)C1OC(N)=O)C2=O. The fourth-order valence-electron chi connectivity index (χ4n) is 8.70. The van der Waals surface area contributed by atoms with Crippen LogP contribution in [0.15, 0.2) is 149 Å². The van der Waals surface area contributed by atoms with E-state index in [9.17, 15) is 24.3 Å². The number of benzene rings is 3. The number of carbonyl (C=O) groups excluding carboxylic acids is 4. The van der Waals surface area contributed by atoms with Crippen LogP contribution in [0.5, 0.6) is 0 Å². The normalized spacial score (nSPS) is 22.9. The number of methoxy groups -OCH3 is 2. The van der Waals surface area contributed by atoms with E-state index in [0.29, 0.717) is 18.5 Å². The standard InChI is InChI=1S/C52H64N3O8P/c1-35-31-42-47(54-29-18-7-8-19-30-64(39-22-12-9-13-23-39,40-24-14-10-15-25-40)41-26-16-11-17-27-41)44(56)34-43(49(42)58)55-51(59)36(2)21-20-28-45(61-5)50(63-52(53)60)38(4)33-37(3)48(57)46(32-35)62-6/h9-17,20-28,33-35,37,45-46,48,50,57H,7-8,18-19,29-32H2,1-6H3,(H3-,53,54,55,56,58,59,60)/p+1. The first-order valence-corrected chi connectivity index (χ1v) is 24.1. The summed E-state index contributed by atoms with van der Waals surface area (Å²) >= 11 is 0. The van der Waals surface area contributed by atoms with E-state index in [2.05, 4.69) is 102 Å². The van der Waals surface area contributed by atoms with E-state index in [-0.39, 0.29) is 34.9 Å². The Kier molecular flexibility index (Phi) is 18.6. The minimum Gasteiger partial charge on any atom is -0.439 e. The van der Waals surface area contributed by atoms with Crippen molar-refractivity contribution in [2.24, 2.45) is 17.6 Å². The molecule has 0 saturated heterocycles. The molecule has 0 radical (unpaired) electrons. The smallest absolute Gasteiger partial charge is 0.405 e. The molecule has 6 unspecified atom stereocenters. The number of nitrogens with two attached hydrogens (primary N) is 1. The number of rotatable bonds is 14. The lowest BCUT2D eigenvalue weighted by molar-refractivity contribution is -0.120. The molecule has 0 saturated carbocycles. The van der Waals surface area contributed by atoms with Gasteiger partial charge in [-0.2, -0.15) is 0 Å². The number of primary amides is 1. The first-order chi connectivity index (χ1) is 30.8. The first-order valence-electron chi connectivity index (χ1n) is 22.2. The van der Waals surface area contributed by atoms with Crippen LogP contribution in [0, 0.1) is 11.8 Å². The zero-order valence-electron chi connectivity index (χ0n) is 38.0. The van der Waals surface area contributed by atoms with Crippen LogP contribution < -0.4 is 32.3 Å². The van der Waals surface area contributed by atoms with Crippen LogP contribution in [-0.4, -0.2) is 80.0 Å². The fourth-order valence-corrected chi connectivity index (χ4v) is 13.1. The Labute approximate surface area is 379 Å². The van der Waals surface area contributed by atoms with Crippen LogP contribution in [0.1, 0.15) is 66.2 Å². The van der Waals surface area contributed by atoms with Crippen LogP contribution in [0.25, 0.3) is 0 Å². The van der Waals surface area contributed by atoms with Gasteiger partial charge < -0.3 is 35.7 Å². The molecule has 1 aliphatic heterocycles. The molecular weight excluding hydrogens is 826 g/mol. The molecule has 64 heavy (non-hydrogen) atoms. The second-order valence-corrected chi connectivity index (χ2v) is 20.4. The van der Waals surface area contributed by atoms with Crippen molar-refractivity contribution in [3.8, 4) is 0 Å². The highest BCUT2D eigenvalue weighted by molar-refractivity contribution is 7.95. The molecule has 0 spiro atoms. The lowest BCUT2D eigenvalue weighted by atomic mass is 9.85. The van der Waals surface area contributed by atoms with Gasteiger partial charge in [0.2, 0.25) is 11.6 Å². The molecule has 5 rings (SSSR count). The highest BCUT2D eigenvalue weighted by Gasteiger charge is 2.44. The van der Waals surface area contributed by atoms with E-state index >= 15 is 0 Å². The summed E-state index contributed by atoms with van der Waals surface area (Å²) in [6.07, 6.45) is 8.61. The van der Waals surface area contributed by atoms with E-state index in [1.807, 2.05) is 13.8 Å². The van der Waals surface area contributed by atoms with Gasteiger partial charge in [-0.25, -0.2) is 4.79 Å². The lowest BCUT2D eigenvalue weighted by Gasteiger charge is -2.30. The van der Waals surface area contributed by atoms with E-state index < -0.39 is 61.2 Å². The van der Waals surface area contributed by atoms with Gasteiger partial charge >= 0.3 is 6.09 Å². The van der Waals surface area contributed by atoms with Crippen molar-refractivity contribution >= 4 is 46.7 Å². The van der Waals surface area contributed by atoms with Crippen molar-refractivity contribution in [2.45, 2.75) is 90.6 Å². The van der Waals surface area contributed by atoms with Crippen molar-refractivity contribution in [1.82, 2.24) is 10.6 Å². The van der Waals surface area contributed by atoms with Gasteiger partial charge in [0, 0.05) is 43.9 Å². The molecule has 6 atom stereocenters. The summed E-state index contributed by atoms with van der Waals surface area (Å²) in [4.78, 5) is 53.4. The molecular formula is C52H65N3O8P+. The monoisotopic (exact) mass is 890 g/mol. The highest BCUT2D eigenvalue weighted by Crippen LogP contribution is 2.56. The molecule has 2 amide bonds. The van der Waals surface area contributed by atoms with Crippen LogP contribution in [0.4, 0.5) is 4.79 Å². The molecule has 1 aliphatic carbocycles. The Hall–Kier alpha value is -5.45. The highest BCUT2D eigenvalue weighted by atomic mass is 31.2. The number of carbonyl (C=O) groups is 4. The fraction of sp³-hybridized carbons (Fsp3) is 0.385. The summed E-state index contributed by atoms with van der Waals surface area (Å²) in [7, 11) is 1.03. The number of Topliss-reactive ketones (excluding diaryl/α,β-unsaturated/α-hetero) is 1. The number of hydrogen-bond acceptors (Lipinski definition) is 9. The minimum absolute atomic E-state index is 0.110. The molecule has 0 aromatic heterocycles. The number of ketones is 2. The average Bonchev–Trinajstić information content (AvgIpc) is 3.29. The number of fused-ring (bicyclic) bond motifs is 2. The molecule has 3 aromatic carbocycles. The third kappa shape index (κ3) is 12.6. The van der Waals surface area contributed by atoms with Gasteiger partial charge in [-0.1, -0.05) is 99.2 Å². The van der Waals surface area contributed by atoms with Crippen molar-refractivity contribution < 1.29 is 38.5 Å². The summed E-state index contributed by atoms with van der Waals surface area (Å²) in [5, 5.41) is 21.6. The maximum atomic E-state index is 14.2. The molecule has 2 aliphatic rings. The zero-order chi connectivity index (χ0) is 46.2. The van der Waals surface area contributed by atoms with E-state index in [0.717, 1.165) is 31.8 Å². The van der Waals surface area contributed by atoms with Gasteiger partial charge in [-0.15, -0.1) is 0 Å². The molecule has 3 aromatic rings. The second kappa shape index (κ2) is 24.0. The number of nitrogens with one attached hydrogen (secondary N) is 2. The van der Waals surface area contributed by atoms with Crippen molar-refractivity contribution in [3.63, 3.8) is 0 Å². The average molecular weight is 891 g/mol. The maximum absolute atomic E-state index is 14.2. The first kappa shape index (κ1) is 49.6. The lowest BCUT2D eigenvalue weighted by Crippen LogP contribution is -2.38. The van der Waals surface area contributed by atoms with Gasteiger partial charge in [0.1, 0.15) is 29.3 Å². The Morgan fingerprint density at radius 1 is 0.844 bits per heavy atom. The van der Waals surface area contributed by atoms with Crippen LogP contribution in [0.3, 0.4) is 0 Å². The van der Waals surface area contributed by atoms with Gasteiger partial charge in [0.15, 0.2) is 6.10 Å². The Morgan fingerprint density at radius 3 is 1.97 bits per heavy atom. The zero-order valence-corrected chi connectivity index (χ0v) is 38.9. The molecule has 5 N–H and O–H groups in total. The van der Waals surface area contributed by atoms with Crippen LogP contribution in [-0.2, 0) is 28.6 Å². The Morgan fingerprint density at radius 2 is 1.42 bits per heavy atom. The number of ether oxygens (including phenoxy) is 3. The predicted octanol–water partition coefficient (Wildman–Crippen LogP) is 6.91. The summed E-state index contributed by atoms with van der Waals surface area (Å²) in [5.41, 5.74) is 6.67. The van der Waals surface area contributed by atoms with E-state index in [4.69, 9.17) is 19.9 Å². The summed E-state index contributed by atoms with van der Waals surface area (Å²) in [5.74, 6) is -2.09. The topological polar surface area (TPSA) is 166 Å². The molecule has 2 bridgehead atoms. The molecule has 12 heteroatoms. The number of aliphatic hydroxyl groups is 1. The van der Waals surface area contributed by atoms with Crippen molar-refractivity contribution in [2.75, 3.05) is 26.9 Å². The third-order valence-electron chi connectivity index (χ3n) is 12.1. The molecule has 0 fully saturated rings. The minimum atomic E-state index is -1.94. The van der Waals surface area contributed by atoms with E-state index in [1.165, 1.54) is 42.3 Å². The summed E-state index contributed by atoms with van der Waals surface area (Å²) in [6.45, 7) is 7.58. The number of aliphatic hydroxyl groups excluding tert-OH is 1. The largest absolute Gasteiger partial charge is 0.439 e. The number of unbranched alkanes of at least 4 members (excludes halogenated alkanes) is 3. The summed E-state index contributed by atoms with van der Waals surface area (Å²) < 4.78 is 16.9. The van der Waals surface area contributed by atoms with E-state index in [1.54, 1.807) is 32.1 Å². The van der Waals surface area contributed by atoms with Crippen molar-refractivity contribution in [1.29, 1.82) is 0 Å². The van der Waals surface area contributed by atoms with Gasteiger partial charge in [-0.05, 0) is 93.8 Å². The third-order valence-corrected chi connectivity index (χ3v) is 16.6. The van der Waals surface area contributed by atoms with Crippen LogP contribution in [0.2, 0.25) is 0 Å². The maximum Gasteiger partial charge on any atom is 0.405 e. The quantitative estimate of drug-likeness (QED) is 0.0583. The molecule has 1 heterocycles. The number of hydrogen-bond donors (Lipinski definition) is 4. The number of allylic oxidation sites excluding steroid dienone is 4.